The zero-order valence-electron chi connectivity index (χ0n) is 8.01. The number of hydrogen-bond acceptors (Lipinski definition) is 5. The van der Waals surface area contributed by atoms with E-state index >= 15 is 0 Å². The first-order chi connectivity index (χ1) is 6.79. The minimum Gasteiger partial charge on any atom is -0.545 e. The Morgan fingerprint density at radius 2 is 2.00 bits per heavy atom. The third-order valence-corrected chi connectivity index (χ3v) is 2.56. The van der Waals surface area contributed by atoms with Gasteiger partial charge in [-0.05, 0) is 17.5 Å². The average Bonchev–Trinajstić information content (AvgIpc) is 2.67. The molecule has 0 saturated heterocycles. The quantitative estimate of drug-likeness (QED) is 0.551. The first kappa shape index (κ1) is 13.0. The van der Waals surface area contributed by atoms with Crippen LogP contribution in [0.25, 0.3) is 10.7 Å². The molecule has 70 valence electrons. The van der Waals surface area contributed by atoms with Crippen molar-refractivity contribution in [2.75, 3.05) is 0 Å². The van der Waals surface area contributed by atoms with Crippen LogP contribution in [0.2, 0.25) is 0 Å². The van der Waals surface area contributed by atoms with Crippen LogP contribution in [-0.2, 0) is 0 Å². The van der Waals surface area contributed by atoms with E-state index in [1.54, 1.807) is 23.8 Å². The Balaban J connectivity index is 0.00000112. The average molecular weight is 244 g/mol. The summed E-state index contributed by atoms with van der Waals surface area (Å²) in [6.45, 7) is 0. The third kappa shape index (κ3) is 2.93. The van der Waals surface area contributed by atoms with E-state index < -0.39 is 5.97 Å². The van der Waals surface area contributed by atoms with Crippen LogP contribution in [0, 0.1) is 0 Å². The minimum atomic E-state index is -1.20. The van der Waals surface area contributed by atoms with E-state index in [1.807, 2.05) is 0 Å². The van der Waals surface area contributed by atoms with Gasteiger partial charge in [-0.3, -0.25) is 0 Å². The molecule has 2 aromatic heterocycles. The molecule has 0 bridgehead atoms. The first-order valence-corrected chi connectivity index (χ1v) is 4.73. The van der Waals surface area contributed by atoms with Crippen LogP contribution < -0.4 is 56.5 Å². The van der Waals surface area contributed by atoms with Gasteiger partial charge in [-0.25, -0.2) is 9.97 Å². The van der Waals surface area contributed by atoms with Gasteiger partial charge in [-0.15, -0.1) is 11.3 Å². The molecule has 2 rings (SSSR count). The number of nitrogens with zero attached hydrogens (tertiary/aromatic N) is 2. The van der Waals surface area contributed by atoms with Crippen molar-refractivity contribution in [3.63, 3.8) is 0 Å². The van der Waals surface area contributed by atoms with Crippen molar-refractivity contribution in [1.29, 1.82) is 0 Å². The van der Waals surface area contributed by atoms with Gasteiger partial charge >= 0.3 is 51.4 Å². The van der Waals surface area contributed by atoms with Crippen LogP contribution in [-0.4, -0.2) is 15.9 Å². The number of carbonyl (C=O) groups excluding carboxylic acids is 1. The third-order valence-electron chi connectivity index (χ3n) is 1.65. The zero-order chi connectivity index (χ0) is 9.97. The summed E-state index contributed by atoms with van der Waals surface area (Å²) in [6, 6.07) is 3.17. The molecule has 2 heterocycles. The monoisotopic (exact) mass is 244 g/mol. The fraction of sp³-hybridized carbons (Fsp3) is 0. The molecular formula is C9H5KN2O2S. The Bertz CT molecular complexity index is 458. The zero-order valence-corrected chi connectivity index (χ0v) is 11.9. The maximum Gasteiger partial charge on any atom is 1.00 e. The minimum absolute atomic E-state index is 0. The van der Waals surface area contributed by atoms with Crippen molar-refractivity contribution >= 4 is 17.3 Å². The molecule has 0 radical (unpaired) electrons. The summed E-state index contributed by atoms with van der Waals surface area (Å²) in [5.41, 5.74) is 0.140. The SMILES string of the molecule is O=C([O-])c1ccsc1-c1ncccn1.[K+]. The molecule has 0 aliphatic heterocycles. The molecule has 0 aromatic carbocycles. The van der Waals surface area contributed by atoms with Crippen molar-refractivity contribution in [3.05, 3.63) is 35.5 Å². The Kier molecular flexibility index (Phi) is 5.04. The van der Waals surface area contributed by atoms with Crippen molar-refractivity contribution in [3.8, 4) is 10.7 Å². The number of aromatic nitrogens is 2. The van der Waals surface area contributed by atoms with E-state index in [4.69, 9.17) is 0 Å². The summed E-state index contributed by atoms with van der Waals surface area (Å²) in [5, 5.41) is 12.4. The number of carboxylic acids is 1. The second-order valence-electron chi connectivity index (χ2n) is 2.52. The summed E-state index contributed by atoms with van der Waals surface area (Å²) in [7, 11) is 0. The van der Waals surface area contributed by atoms with E-state index in [0.717, 1.165) is 0 Å². The second-order valence-corrected chi connectivity index (χ2v) is 3.44. The molecule has 0 aliphatic carbocycles. The van der Waals surface area contributed by atoms with Crippen LogP contribution in [0.1, 0.15) is 10.4 Å². The molecule has 6 heteroatoms. The van der Waals surface area contributed by atoms with Crippen LogP contribution in [0.4, 0.5) is 0 Å². The van der Waals surface area contributed by atoms with Gasteiger partial charge in [-0.1, -0.05) is 0 Å². The Morgan fingerprint density at radius 1 is 1.33 bits per heavy atom. The summed E-state index contributed by atoms with van der Waals surface area (Å²) in [6.07, 6.45) is 3.14. The Hall–Kier alpha value is -0.114. The smallest absolute Gasteiger partial charge is 0.545 e. The van der Waals surface area contributed by atoms with E-state index in [1.165, 1.54) is 17.4 Å². The molecule has 0 amide bonds. The number of hydrogen-bond donors (Lipinski definition) is 0. The van der Waals surface area contributed by atoms with Gasteiger partial charge in [0.25, 0.3) is 0 Å². The summed E-state index contributed by atoms with van der Waals surface area (Å²) in [5.74, 6) is -0.782. The van der Waals surface area contributed by atoms with Crippen LogP contribution >= 0.6 is 11.3 Å². The molecule has 0 unspecified atom stereocenters. The van der Waals surface area contributed by atoms with Gasteiger partial charge in [0, 0.05) is 18.0 Å². The molecule has 0 spiro atoms. The number of aromatic carboxylic acids is 1. The second kappa shape index (κ2) is 5.83. The molecule has 0 atom stereocenters. The fourth-order valence-corrected chi connectivity index (χ4v) is 1.89. The number of carbonyl (C=O) groups is 1. The molecule has 2 aromatic rings. The Morgan fingerprint density at radius 3 is 2.60 bits per heavy atom. The number of thiophene rings is 1. The maximum atomic E-state index is 10.7. The molecular weight excluding hydrogens is 239 g/mol. The predicted molar refractivity (Wildman–Crippen MR) is 49.7 cm³/mol. The summed E-state index contributed by atoms with van der Waals surface area (Å²) >= 11 is 1.29. The molecule has 0 saturated carbocycles. The van der Waals surface area contributed by atoms with Crippen molar-refractivity contribution in [2.24, 2.45) is 0 Å². The van der Waals surface area contributed by atoms with Crippen molar-refractivity contribution in [1.82, 2.24) is 9.97 Å². The van der Waals surface area contributed by atoms with E-state index in [0.29, 0.717) is 10.7 Å². The van der Waals surface area contributed by atoms with Crippen LogP contribution in [0.5, 0.6) is 0 Å². The summed E-state index contributed by atoms with van der Waals surface area (Å²) in [4.78, 5) is 19.2. The van der Waals surface area contributed by atoms with Crippen molar-refractivity contribution < 1.29 is 61.3 Å². The number of rotatable bonds is 2. The fourth-order valence-electron chi connectivity index (χ4n) is 1.06. The van der Waals surface area contributed by atoms with E-state index in [2.05, 4.69) is 9.97 Å². The summed E-state index contributed by atoms with van der Waals surface area (Å²) < 4.78 is 0. The standard InChI is InChI=1S/C9H6N2O2S.K/c12-9(13)6-2-5-14-7(6)8-10-3-1-4-11-8;/h1-5H,(H,12,13);/q;+1/p-1. The van der Waals surface area contributed by atoms with Crippen molar-refractivity contribution in [2.45, 2.75) is 0 Å². The van der Waals surface area contributed by atoms with Gasteiger partial charge < -0.3 is 9.90 Å². The molecule has 15 heavy (non-hydrogen) atoms. The predicted octanol–water partition coefficient (Wildman–Crippen LogP) is -2.43. The van der Waals surface area contributed by atoms with Gasteiger partial charge in [0.05, 0.1) is 10.8 Å². The van der Waals surface area contributed by atoms with Gasteiger partial charge in [0.15, 0.2) is 5.82 Å². The normalized spacial score (nSPS) is 9.33. The van der Waals surface area contributed by atoms with Gasteiger partial charge in [-0.2, -0.15) is 0 Å². The molecule has 0 N–H and O–H groups in total. The largest absolute Gasteiger partial charge is 1.00 e. The van der Waals surface area contributed by atoms with Crippen LogP contribution in [0.15, 0.2) is 29.9 Å². The molecule has 4 nitrogen and oxygen atoms in total. The topological polar surface area (TPSA) is 65.9 Å². The molecule has 0 fully saturated rings. The Labute approximate surface area is 133 Å². The first-order valence-electron chi connectivity index (χ1n) is 3.85. The van der Waals surface area contributed by atoms with Crippen LogP contribution in [0.3, 0.4) is 0 Å². The van der Waals surface area contributed by atoms with E-state index in [-0.39, 0.29) is 56.9 Å². The maximum absolute atomic E-state index is 10.7. The molecule has 0 aliphatic rings. The van der Waals surface area contributed by atoms with E-state index in [9.17, 15) is 9.90 Å². The van der Waals surface area contributed by atoms with Gasteiger partial charge in [0.1, 0.15) is 0 Å². The number of carboxylic acid groups (broad SMARTS) is 1. The van der Waals surface area contributed by atoms with Gasteiger partial charge in [0.2, 0.25) is 0 Å².